The number of morpholine rings is 1. The van der Waals surface area contributed by atoms with Crippen molar-refractivity contribution in [3.63, 3.8) is 0 Å². The van der Waals surface area contributed by atoms with Crippen LogP contribution < -0.4 is 0 Å². The van der Waals surface area contributed by atoms with Crippen molar-refractivity contribution in [2.75, 3.05) is 53.0 Å². The number of nitrogens with zero attached hydrogens (tertiary/aromatic N) is 3. The van der Waals surface area contributed by atoms with Crippen LogP contribution in [0.2, 0.25) is 0 Å². The van der Waals surface area contributed by atoms with E-state index >= 15 is 0 Å². The van der Waals surface area contributed by atoms with Crippen LogP contribution in [0.4, 0.5) is 0 Å². The van der Waals surface area contributed by atoms with E-state index < -0.39 is 5.60 Å². The Morgan fingerprint density at radius 3 is 2.60 bits per heavy atom. The molecule has 0 aromatic carbocycles. The van der Waals surface area contributed by atoms with Gasteiger partial charge in [0, 0.05) is 39.8 Å². The smallest absolute Gasteiger partial charge is 0.254 e. The molecule has 1 saturated heterocycles. The fraction of sp³-hybridized carbons (Fsp3) is 0.857. The Labute approximate surface area is 121 Å². The molecule has 1 fully saturated rings. The van der Waals surface area contributed by atoms with Crippen molar-refractivity contribution < 1.29 is 14.3 Å². The summed E-state index contributed by atoms with van der Waals surface area (Å²) < 4.78 is 10.5. The minimum Gasteiger partial charge on any atom is -0.379 e. The Morgan fingerprint density at radius 1 is 1.40 bits per heavy atom. The fourth-order valence-electron chi connectivity index (χ4n) is 2.05. The van der Waals surface area contributed by atoms with Crippen molar-refractivity contribution >= 4 is 5.91 Å². The average molecular weight is 283 g/mol. The predicted molar refractivity (Wildman–Crippen MR) is 75.2 cm³/mol. The number of nitriles is 1. The highest BCUT2D eigenvalue weighted by Gasteiger charge is 2.31. The van der Waals surface area contributed by atoms with E-state index in [1.54, 1.807) is 18.7 Å². The molecule has 0 unspecified atom stereocenters. The minimum atomic E-state index is -0.847. The molecule has 1 amide bonds. The van der Waals surface area contributed by atoms with Crippen LogP contribution in [0, 0.1) is 11.3 Å². The second kappa shape index (κ2) is 8.20. The van der Waals surface area contributed by atoms with Crippen LogP contribution in [0.3, 0.4) is 0 Å². The van der Waals surface area contributed by atoms with Crippen LogP contribution in [0.5, 0.6) is 0 Å². The zero-order chi connectivity index (χ0) is 15.0. The number of carbonyl (C=O) groups is 1. The first-order chi connectivity index (χ1) is 9.51. The Hall–Kier alpha value is -1.16. The lowest BCUT2D eigenvalue weighted by molar-refractivity contribution is -0.151. The molecule has 0 aliphatic carbocycles. The molecule has 0 N–H and O–H groups in total. The number of methoxy groups -OCH3 is 1. The first-order valence-corrected chi connectivity index (χ1v) is 7.03. The molecule has 0 bridgehead atoms. The zero-order valence-electron chi connectivity index (χ0n) is 12.7. The van der Waals surface area contributed by atoms with Crippen LogP contribution >= 0.6 is 0 Å². The first kappa shape index (κ1) is 16.9. The Balaban J connectivity index is 2.54. The van der Waals surface area contributed by atoms with E-state index in [2.05, 4.69) is 11.0 Å². The van der Waals surface area contributed by atoms with Gasteiger partial charge in [0.15, 0.2) is 0 Å². The van der Waals surface area contributed by atoms with Gasteiger partial charge in [-0.25, -0.2) is 0 Å². The highest BCUT2D eigenvalue weighted by atomic mass is 16.5. The van der Waals surface area contributed by atoms with E-state index in [0.29, 0.717) is 19.5 Å². The molecule has 0 aromatic rings. The molecule has 20 heavy (non-hydrogen) atoms. The van der Waals surface area contributed by atoms with Gasteiger partial charge in [0.25, 0.3) is 5.91 Å². The van der Waals surface area contributed by atoms with Gasteiger partial charge in [0.2, 0.25) is 0 Å². The largest absolute Gasteiger partial charge is 0.379 e. The minimum absolute atomic E-state index is 0.0662. The number of hydrogen-bond acceptors (Lipinski definition) is 5. The second-order valence-corrected chi connectivity index (χ2v) is 5.37. The highest BCUT2D eigenvalue weighted by molar-refractivity contribution is 5.84. The SMILES string of the molecule is COC(C)(C)C(=O)N(CCC#N)CCN1CCOCC1. The molecule has 0 atom stereocenters. The second-order valence-electron chi connectivity index (χ2n) is 5.37. The molecule has 1 rings (SSSR count). The molecule has 0 aromatic heterocycles. The lowest BCUT2D eigenvalue weighted by Crippen LogP contribution is -2.50. The third kappa shape index (κ3) is 5.08. The maximum absolute atomic E-state index is 12.4. The van der Waals surface area contributed by atoms with Crippen molar-refractivity contribution in [3.05, 3.63) is 0 Å². The molecule has 114 valence electrons. The maximum atomic E-state index is 12.4. The van der Waals surface area contributed by atoms with Crippen LogP contribution in [-0.2, 0) is 14.3 Å². The highest BCUT2D eigenvalue weighted by Crippen LogP contribution is 2.13. The summed E-state index contributed by atoms with van der Waals surface area (Å²) in [5, 5.41) is 8.73. The number of hydrogen-bond donors (Lipinski definition) is 0. The van der Waals surface area contributed by atoms with Crippen LogP contribution in [0.25, 0.3) is 0 Å². The standard InChI is InChI=1S/C14H25N3O3/c1-14(2,19-3)13(18)17(6-4-5-15)8-7-16-9-11-20-12-10-16/h4,6-12H2,1-3H3. The van der Waals surface area contributed by atoms with E-state index in [0.717, 1.165) is 32.8 Å². The lowest BCUT2D eigenvalue weighted by atomic mass is 10.1. The monoisotopic (exact) mass is 283 g/mol. The van der Waals surface area contributed by atoms with E-state index in [1.165, 1.54) is 7.11 Å². The first-order valence-electron chi connectivity index (χ1n) is 7.03. The third-order valence-corrected chi connectivity index (χ3v) is 3.60. The average Bonchev–Trinajstić information content (AvgIpc) is 2.47. The molecule has 1 heterocycles. The maximum Gasteiger partial charge on any atom is 0.254 e. The number of rotatable bonds is 7. The Bertz CT molecular complexity index is 346. The molecule has 0 saturated carbocycles. The molecular formula is C14H25N3O3. The van der Waals surface area contributed by atoms with Crippen LogP contribution in [0.1, 0.15) is 20.3 Å². The van der Waals surface area contributed by atoms with Gasteiger partial charge in [-0.1, -0.05) is 0 Å². The Morgan fingerprint density at radius 2 is 2.05 bits per heavy atom. The molecular weight excluding hydrogens is 258 g/mol. The molecule has 0 spiro atoms. The van der Waals surface area contributed by atoms with E-state index in [9.17, 15) is 4.79 Å². The van der Waals surface area contributed by atoms with Gasteiger partial charge in [-0.3, -0.25) is 9.69 Å². The fourth-order valence-corrected chi connectivity index (χ4v) is 2.05. The van der Waals surface area contributed by atoms with E-state index in [-0.39, 0.29) is 5.91 Å². The molecule has 6 heteroatoms. The van der Waals surface area contributed by atoms with Gasteiger partial charge >= 0.3 is 0 Å². The summed E-state index contributed by atoms with van der Waals surface area (Å²) >= 11 is 0. The lowest BCUT2D eigenvalue weighted by Gasteiger charge is -2.33. The summed E-state index contributed by atoms with van der Waals surface area (Å²) in [6.07, 6.45) is 0.342. The molecule has 1 aliphatic rings. The van der Waals surface area contributed by atoms with Gasteiger partial charge in [-0.05, 0) is 13.8 Å². The summed E-state index contributed by atoms with van der Waals surface area (Å²) in [5.41, 5.74) is -0.847. The normalized spacial score (nSPS) is 16.7. The van der Waals surface area contributed by atoms with Crippen LogP contribution in [0.15, 0.2) is 0 Å². The van der Waals surface area contributed by atoms with Crippen LogP contribution in [-0.4, -0.2) is 74.4 Å². The summed E-state index contributed by atoms with van der Waals surface area (Å²) in [4.78, 5) is 16.4. The number of amides is 1. The van der Waals surface area contributed by atoms with Crippen molar-refractivity contribution in [2.24, 2.45) is 0 Å². The van der Waals surface area contributed by atoms with Gasteiger partial charge in [-0.2, -0.15) is 5.26 Å². The third-order valence-electron chi connectivity index (χ3n) is 3.60. The van der Waals surface area contributed by atoms with Crippen molar-refractivity contribution in [1.29, 1.82) is 5.26 Å². The van der Waals surface area contributed by atoms with Crippen molar-refractivity contribution in [3.8, 4) is 6.07 Å². The Kier molecular flexibility index (Phi) is 6.93. The van der Waals surface area contributed by atoms with Gasteiger partial charge < -0.3 is 14.4 Å². The topological polar surface area (TPSA) is 65.8 Å². The number of ether oxygens (including phenoxy) is 2. The number of carbonyl (C=O) groups excluding carboxylic acids is 1. The van der Waals surface area contributed by atoms with E-state index in [1.807, 2.05) is 0 Å². The van der Waals surface area contributed by atoms with Crippen molar-refractivity contribution in [1.82, 2.24) is 9.80 Å². The summed E-state index contributed by atoms with van der Waals surface area (Å²) in [6, 6.07) is 2.09. The van der Waals surface area contributed by atoms with E-state index in [4.69, 9.17) is 14.7 Å². The van der Waals surface area contributed by atoms with Gasteiger partial charge in [-0.15, -0.1) is 0 Å². The summed E-state index contributed by atoms with van der Waals surface area (Å²) in [7, 11) is 1.53. The van der Waals surface area contributed by atoms with Crippen molar-refractivity contribution in [2.45, 2.75) is 25.9 Å². The molecule has 1 aliphatic heterocycles. The predicted octanol–water partition coefficient (Wildman–Crippen LogP) is 0.486. The molecule has 6 nitrogen and oxygen atoms in total. The summed E-state index contributed by atoms with van der Waals surface area (Å²) in [5.74, 6) is -0.0662. The van der Waals surface area contributed by atoms with Gasteiger partial charge in [0.05, 0.1) is 25.7 Å². The zero-order valence-corrected chi connectivity index (χ0v) is 12.7. The molecule has 0 radical (unpaired) electrons. The van der Waals surface area contributed by atoms with Gasteiger partial charge in [0.1, 0.15) is 5.60 Å². The summed E-state index contributed by atoms with van der Waals surface area (Å²) in [6.45, 7) is 8.67. The quantitative estimate of drug-likeness (QED) is 0.680.